The molecule has 2 aliphatic carbocycles. The minimum absolute atomic E-state index is 0.186. The van der Waals surface area contributed by atoms with Crippen molar-refractivity contribution in [3.05, 3.63) is 12.7 Å². The molecule has 4 rings (SSSR count). The molecule has 2 aliphatic rings. The van der Waals surface area contributed by atoms with Gasteiger partial charge in [-0.05, 0) is 18.8 Å². The average molecular weight is 421 g/mol. The number of fused-ring (bicyclic) bond motifs is 2. The van der Waals surface area contributed by atoms with E-state index in [-0.39, 0.29) is 30.8 Å². The summed E-state index contributed by atoms with van der Waals surface area (Å²) in [6, 6.07) is -0.304. The van der Waals surface area contributed by atoms with E-state index in [1.165, 1.54) is 12.7 Å². The highest BCUT2D eigenvalue weighted by Crippen LogP contribution is 2.71. The standard InChI is InChI=1S/C12H17N5O8P2/c13-10-9-11(15-4-14-10)17(5-16-9)7-1-8(25-27(21,22)23)12(2-6(7)12)3-24-26(18,19)20/h4-8H,1-3H2,(H2,13,14,15)(H2,18,19,20)(H2,21,22,23)/t6?,7-,8-,12+/m0/s1. The highest BCUT2D eigenvalue weighted by Gasteiger charge is 2.69. The number of hydrogen-bond acceptors (Lipinski definition) is 8. The molecule has 0 amide bonds. The van der Waals surface area contributed by atoms with Gasteiger partial charge in [0.15, 0.2) is 11.5 Å². The molecule has 6 N–H and O–H groups in total. The van der Waals surface area contributed by atoms with Crippen molar-refractivity contribution in [2.45, 2.75) is 25.0 Å². The zero-order chi connectivity index (χ0) is 19.6. The van der Waals surface area contributed by atoms with Crippen molar-refractivity contribution in [1.29, 1.82) is 0 Å². The van der Waals surface area contributed by atoms with E-state index in [0.29, 0.717) is 17.6 Å². The van der Waals surface area contributed by atoms with Crippen LogP contribution in [0.1, 0.15) is 18.9 Å². The largest absolute Gasteiger partial charge is 0.469 e. The molecule has 0 spiro atoms. The number of hydrogen-bond donors (Lipinski definition) is 5. The van der Waals surface area contributed by atoms with Gasteiger partial charge in [-0.3, -0.25) is 9.05 Å². The van der Waals surface area contributed by atoms with E-state index in [9.17, 15) is 18.9 Å². The Balaban J connectivity index is 1.67. The number of nitrogens with two attached hydrogens (primary N) is 1. The second kappa shape index (κ2) is 6.03. The number of aromatic nitrogens is 4. The summed E-state index contributed by atoms with van der Waals surface area (Å²) >= 11 is 0. The Hall–Kier alpha value is -1.43. The molecule has 148 valence electrons. The molecule has 1 unspecified atom stereocenters. The number of nitrogens with zero attached hydrogens (tertiary/aromatic N) is 4. The van der Waals surface area contributed by atoms with E-state index in [2.05, 4.69) is 19.5 Å². The van der Waals surface area contributed by atoms with Crippen LogP contribution in [0.15, 0.2) is 12.7 Å². The fraction of sp³-hybridized carbons (Fsp3) is 0.583. The van der Waals surface area contributed by atoms with E-state index < -0.39 is 27.2 Å². The minimum atomic E-state index is -4.81. The van der Waals surface area contributed by atoms with Gasteiger partial charge in [0.25, 0.3) is 0 Å². The summed E-state index contributed by atoms with van der Waals surface area (Å²) in [7, 11) is -9.56. The van der Waals surface area contributed by atoms with Crippen molar-refractivity contribution < 1.29 is 37.8 Å². The first kappa shape index (κ1) is 18.9. The van der Waals surface area contributed by atoms with Gasteiger partial charge in [-0.1, -0.05) is 0 Å². The quantitative estimate of drug-likeness (QED) is 0.390. The monoisotopic (exact) mass is 421 g/mol. The number of imidazole rings is 1. The number of nitrogen functional groups attached to an aromatic ring is 1. The normalized spacial score (nSPS) is 30.6. The van der Waals surface area contributed by atoms with Crippen LogP contribution in [0.5, 0.6) is 0 Å². The number of phosphoric acid groups is 2. The molecule has 0 saturated heterocycles. The smallest absolute Gasteiger partial charge is 0.382 e. The first-order valence-electron chi connectivity index (χ1n) is 7.87. The first-order chi connectivity index (χ1) is 12.5. The molecule has 15 heteroatoms. The summed E-state index contributed by atoms with van der Waals surface area (Å²) in [5.41, 5.74) is 5.73. The number of rotatable bonds is 6. The summed E-state index contributed by atoms with van der Waals surface area (Å²) in [5.74, 6) is 0.0147. The highest BCUT2D eigenvalue weighted by atomic mass is 31.2. The Bertz CT molecular complexity index is 987. The van der Waals surface area contributed by atoms with Crippen molar-refractivity contribution in [1.82, 2.24) is 19.5 Å². The van der Waals surface area contributed by atoms with Crippen LogP contribution in [-0.4, -0.2) is 51.8 Å². The fourth-order valence-electron chi connectivity index (χ4n) is 4.06. The molecule has 0 bridgehead atoms. The van der Waals surface area contributed by atoms with E-state index in [0.717, 1.165) is 0 Å². The number of anilines is 1. The van der Waals surface area contributed by atoms with Crippen molar-refractivity contribution in [3.63, 3.8) is 0 Å². The lowest BCUT2D eigenvalue weighted by molar-refractivity contribution is 0.0499. The maximum absolute atomic E-state index is 11.4. The average Bonchev–Trinajstić information content (AvgIpc) is 2.98. The third-order valence-corrected chi connectivity index (χ3v) is 6.24. The number of phosphoric ester groups is 2. The second-order valence-corrected chi connectivity index (χ2v) is 9.21. The molecule has 27 heavy (non-hydrogen) atoms. The summed E-state index contributed by atoms with van der Waals surface area (Å²) in [5, 5.41) is 0. The van der Waals surface area contributed by atoms with Crippen LogP contribution in [-0.2, 0) is 18.2 Å². The zero-order valence-electron chi connectivity index (χ0n) is 13.7. The Labute approximate surface area is 152 Å². The maximum atomic E-state index is 11.4. The van der Waals surface area contributed by atoms with Crippen LogP contribution in [0, 0.1) is 11.3 Å². The molecular weight excluding hydrogens is 404 g/mol. The van der Waals surface area contributed by atoms with Gasteiger partial charge in [0.2, 0.25) is 0 Å². The SMILES string of the molecule is Nc1ncnc2c1ncn2[C@H]1C[C@H](OP(=O)(O)O)[C@@]2(COP(=O)(O)O)CC12. The van der Waals surface area contributed by atoms with Gasteiger partial charge < -0.3 is 29.9 Å². The summed E-state index contributed by atoms with van der Waals surface area (Å²) in [6.45, 7) is -0.382. The van der Waals surface area contributed by atoms with Crippen LogP contribution >= 0.6 is 15.6 Å². The lowest BCUT2D eigenvalue weighted by Crippen LogP contribution is -2.26. The van der Waals surface area contributed by atoms with E-state index in [4.69, 9.17) is 20.0 Å². The molecule has 2 aromatic rings. The molecular formula is C12H17N5O8P2. The van der Waals surface area contributed by atoms with Gasteiger partial charge in [-0.2, -0.15) is 0 Å². The topological polar surface area (TPSA) is 203 Å². The zero-order valence-corrected chi connectivity index (χ0v) is 15.5. The molecule has 2 heterocycles. The van der Waals surface area contributed by atoms with Crippen molar-refractivity contribution in [3.8, 4) is 0 Å². The van der Waals surface area contributed by atoms with E-state index in [1.807, 2.05) is 0 Å². The highest BCUT2D eigenvalue weighted by molar-refractivity contribution is 7.46. The van der Waals surface area contributed by atoms with Crippen molar-refractivity contribution in [2.24, 2.45) is 11.3 Å². The van der Waals surface area contributed by atoms with Crippen LogP contribution in [0.25, 0.3) is 11.2 Å². The van der Waals surface area contributed by atoms with E-state index in [1.54, 1.807) is 4.57 Å². The molecule has 2 fully saturated rings. The van der Waals surface area contributed by atoms with Gasteiger partial charge in [-0.15, -0.1) is 0 Å². The minimum Gasteiger partial charge on any atom is -0.382 e. The lowest BCUT2D eigenvalue weighted by Gasteiger charge is -2.24. The fourth-order valence-corrected chi connectivity index (χ4v) is 5.09. The molecule has 4 atom stereocenters. The van der Waals surface area contributed by atoms with Gasteiger partial charge in [0.1, 0.15) is 11.8 Å². The summed E-state index contributed by atoms with van der Waals surface area (Å²) in [6.07, 6.45) is 2.45. The van der Waals surface area contributed by atoms with Gasteiger partial charge >= 0.3 is 15.6 Å². The Morgan fingerprint density at radius 1 is 1.22 bits per heavy atom. The molecule has 13 nitrogen and oxygen atoms in total. The molecule has 2 saturated carbocycles. The van der Waals surface area contributed by atoms with Crippen LogP contribution in [0.4, 0.5) is 5.82 Å². The second-order valence-electron chi connectivity index (χ2n) is 6.78. The molecule has 0 aromatic carbocycles. The predicted octanol–water partition coefficient (Wildman–Crippen LogP) is -0.0532. The van der Waals surface area contributed by atoms with Crippen molar-refractivity contribution in [2.75, 3.05) is 12.3 Å². The van der Waals surface area contributed by atoms with Crippen LogP contribution in [0.2, 0.25) is 0 Å². The van der Waals surface area contributed by atoms with Gasteiger partial charge in [0, 0.05) is 11.5 Å². The third-order valence-electron chi connectivity index (χ3n) is 5.25. The summed E-state index contributed by atoms with van der Waals surface area (Å²) < 4.78 is 33.7. The molecule has 2 aromatic heterocycles. The van der Waals surface area contributed by atoms with Crippen LogP contribution < -0.4 is 5.73 Å². The Kier molecular flexibility index (Phi) is 4.22. The maximum Gasteiger partial charge on any atom is 0.469 e. The Morgan fingerprint density at radius 3 is 2.63 bits per heavy atom. The third kappa shape index (κ3) is 3.41. The molecule has 0 aliphatic heterocycles. The predicted molar refractivity (Wildman–Crippen MR) is 88.8 cm³/mol. The summed E-state index contributed by atoms with van der Waals surface area (Å²) in [4.78, 5) is 48.7. The Morgan fingerprint density at radius 2 is 1.96 bits per heavy atom. The lowest BCUT2D eigenvalue weighted by atomic mass is 10.0. The van der Waals surface area contributed by atoms with E-state index >= 15 is 0 Å². The van der Waals surface area contributed by atoms with Gasteiger partial charge in [0.05, 0.1) is 19.0 Å². The van der Waals surface area contributed by atoms with Crippen LogP contribution in [0.3, 0.4) is 0 Å². The molecule has 0 radical (unpaired) electrons. The van der Waals surface area contributed by atoms with Crippen molar-refractivity contribution >= 4 is 32.6 Å². The van der Waals surface area contributed by atoms with Gasteiger partial charge in [-0.25, -0.2) is 24.1 Å². The first-order valence-corrected chi connectivity index (χ1v) is 10.9.